The number of anilines is 1. The predicted octanol–water partition coefficient (Wildman–Crippen LogP) is 2.41. The van der Waals surface area contributed by atoms with Gasteiger partial charge in [0, 0.05) is 30.0 Å². The topological polar surface area (TPSA) is 86.6 Å². The van der Waals surface area contributed by atoms with E-state index in [0.717, 1.165) is 0 Å². The van der Waals surface area contributed by atoms with E-state index in [-0.39, 0.29) is 18.0 Å². The van der Waals surface area contributed by atoms with Gasteiger partial charge in [0.1, 0.15) is 0 Å². The number of rotatable bonds is 2. The minimum absolute atomic E-state index is 0.00946. The molecule has 1 fully saturated rings. The number of carbonyl (C=O) groups is 2. The van der Waals surface area contributed by atoms with Crippen LogP contribution in [0.15, 0.2) is 12.4 Å². The van der Waals surface area contributed by atoms with Crippen LogP contribution in [0, 0.1) is 0 Å². The molecule has 24 heavy (non-hydrogen) atoms. The normalized spacial score (nSPS) is 25.2. The Morgan fingerprint density at radius 2 is 1.88 bits per heavy atom. The smallest absolute Gasteiger partial charge is 0.407 e. The van der Waals surface area contributed by atoms with E-state index in [2.05, 4.69) is 9.97 Å². The maximum atomic E-state index is 12.8. The first-order valence-electron chi connectivity index (χ1n) is 8.22. The number of carboxylic acid groups (broad SMARTS) is 1. The van der Waals surface area contributed by atoms with Gasteiger partial charge < -0.3 is 10.0 Å². The number of hydrogen-bond acceptors (Lipinski definition) is 4. The number of hydrogen-bond donors (Lipinski definition) is 1. The second kappa shape index (κ2) is 5.16. The summed E-state index contributed by atoms with van der Waals surface area (Å²) in [4.78, 5) is 36.4. The molecule has 0 aromatic carbocycles. The zero-order valence-corrected chi connectivity index (χ0v) is 14.8. The maximum absolute atomic E-state index is 12.8. The third kappa shape index (κ3) is 2.34. The van der Waals surface area contributed by atoms with Crippen LogP contribution >= 0.6 is 0 Å². The fourth-order valence-corrected chi connectivity index (χ4v) is 3.76. The lowest BCUT2D eigenvalue weighted by Gasteiger charge is -2.49. The Hall–Kier alpha value is -2.18. The number of aromatic nitrogens is 2. The second-order valence-corrected chi connectivity index (χ2v) is 8.13. The summed E-state index contributed by atoms with van der Waals surface area (Å²) in [6, 6.07) is -0.104. The molecule has 3 rings (SSSR count). The molecule has 1 aromatic heterocycles. The maximum Gasteiger partial charge on any atom is 0.407 e. The minimum Gasteiger partial charge on any atom is -0.465 e. The van der Waals surface area contributed by atoms with Gasteiger partial charge in [0.05, 0.1) is 11.1 Å². The van der Waals surface area contributed by atoms with E-state index >= 15 is 0 Å². The molecule has 7 nitrogen and oxygen atoms in total. The Morgan fingerprint density at radius 1 is 1.29 bits per heavy atom. The van der Waals surface area contributed by atoms with E-state index in [1.54, 1.807) is 17.3 Å². The van der Waals surface area contributed by atoms with Crippen molar-refractivity contribution in [2.45, 2.75) is 70.5 Å². The van der Waals surface area contributed by atoms with E-state index in [0.29, 0.717) is 24.4 Å². The summed E-state index contributed by atoms with van der Waals surface area (Å²) in [6.45, 7) is 9.38. The van der Waals surface area contributed by atoms with Crippen LogP contribution in [0.3, 0.4) is 0 Å². The van der Waals surface area contributed by atoms with Gasteiger partial charge in [-0.15, -0.1) is 0 Å². The highest BCUT2D eigenvalue weighted by Crippen LogP contribution is 2.44. The van der Waals surface area contributed by atoms with Gasteiger partial charge in [-0.3, -0.25) is 14.7 Å². The summed E-state index contributed by atoms with van der Waals surface area (Å²) >= 11 is 0. The Kier molecular flexibility index (Phi) is 3.58. The van der Waals surface area contributed by atoms with Crippen LogP contribution in [0.25, 0.3) is 0 Å². The molecule has 1 N–H and O–H groups in total. The lowest BCUT2D eigenvalue weighted by molar-refractivity contribution is -0.123. The molecule has 130 valence electrons. The van der Waals surface area contributed by atoms with Gasteiger partial charge in [0.25, 0.3) is 0 Å². The summed E-state index contributed by atoms with van der Waals surface area (Å²) in [5, 5.41) is 9.51. The predicted molar refractivity (Wildman–Crippen MR) is 89.0 cm³/mol. The van der Waals surface area contributed by atoms with Gasteiger partial charge in [0.2, 0.25) is 5.91 Å². The number of carbonyl (C=O) groups excluding carboxylic acids is 1. The largest absolute Gasteiger partial charge is 0.465 e. The van der Waals surface area contributed by atoms with Crippen molar-refractivity contribution in [3.8, 4) is 0 Å². The Labute approximate surface area is 141 Å². The minimum atomic E-state index is -0.917. The average molecular weight is 332 g/mol. The van der Waals surface area contributed by atoms with E-state index in [9.17, 15) is 14.7 Å². The first kappa shape index (κ1) is 16.7. The molecule has 1 aromatic rings. The summed E-state index contributed by atoms with van der Waals surface area (Å²) in [7, 11) is 0. The molecule has 1 aliphatic carbocycles. The molecule has 0 atom stereocenters. The van der Waals surface area contributed by atoms with E-state index in [1.165, 1.54) is 4.90 Å². The van der Waals surface area contributed by atoms with Crippen molar-refractivity contribution in [2.24, 2.45) is 0 Å². The van der Waals surface area contributed by atoms with Crippen LogP contribution in [0.5, 0.6) is 0 Å². The van der Waals surface area contributed by atoms with Crippen molar-refractivity contribution in [1.82, 2.24) is 14.9 Å². The van der Waals surface area contributed by atoms with Crippen molar-refractivity contribution in [3.63, 3.8) is 0 Å². The molecule has 2 aliphatic rings. The molecule has 0 radical (unpaired) electrons. The first-order chi connectivity index (χ1) is 11.0. The van der Waals surface area contributed by atoms with E-state index in [4.69, 9.17) is 0 Å². The van der Waals surface area contributed by atoms with Gasteiger partial charge in [-0.05, 0) is 47.5 Å². The van der Waals surface area contributed by atoms with Crippen molar-refractivity contribution in [2.75, 3.05) is 4.90 Å². The molecule has 2 heterocycles. The van der Waals surface area contributed by atoms with Gasteiger partial charge in [0.15, 0.2) is 5.82 Å². The van der Waals surface area contributed by atoms with Gasteiger partial charge in [-0.2, -0.15) is 0 Å². The van der Waals surface area contributed by atoms with Crippen molar-refractivity contribution >= 4 is 17.8 Å². The summed E-state index contributed by atoms with van der Waals surface area (Å²) in [5.41, 5.74) is -0.456. The summed E-state index contributed by atoms with van der Waals surface area (Å²) < 4.78 is 0. The van der Waals surface area contributed by atoms with Gasteiger partial charge in [-0.25, -0.2) is 9.78 Å². The average Bonchev–Trinajstić information content (AvgIpc) is 2.61. The molecule has 0 spiro atoms. The number of amides is 2. The van der Waals surface area contributed by atoms with Crippen molar-refractivity contribution < 1.29 is 14.7 Å². The quantitative estimate of drug-likeness (QED) is 0.898. The fourth-order valence-electron chi connectivity index (χ4n) is 3.76. The van der Waals surface area contributed by atoms with Crippen molar-refractivity contribution in [1.29, 1.82) is 0 Å². The molecule has 2 amide bonds. The molecular weight excluding hydrogens is 308 g/mol. The highest BCUT2D eigenvalue weighted by atomic mass is 16.4. The molecule has 1 saturated carbocycles. The lowest BCUT2D eigenvalue weighted by Crippen LogP contribution is -2.61. The second-order valence-electron chi connectivity index (χ2n) is 8.13. The fraction of sp³-hybridized carbons (Fsp3) is 0.647. The van der Waals surface area contributed by atoms with Crippen LogP contribution in [0.1, 0.15) is 53.2 Å². The number of nitrogens with zero attached hydrogens (tertiary/aromatic N) is 4. The number of fused-ring (bicyclic) bond motifs is 1. The van der Waals surface area contributed by atoms with Crippen molar-refractivity contribution in [3.05, 3.63) is 18.1 Å². The third-order valence-corrected chi connectivity index (χ3v) is 5.00. The Bertz CT molecular complexity index is 689. The standard InChI is InChI=1S/C17H24N4O3/c1-16(2,3)21(15(23)24)11-8-10(9-11)20-13-12(18-6-7-19-13)17(4,5)14(20)22/h6-7,10-11H,8-9H2,1-5H3,(H,23,24). The zero-order chi connectivity index (χ0) is 17.9. The van der Waals surface area contributed by atoms with E-state index in [1.807, 2.05) is 34.6 Å². The van der Waals surface area contributed by atoms with Gasteiger partial charge in [-0.1, -0.05) is 0 Å². The van der Waals surface area contributed by atoms with Crippen LogP contribution in [0.2, 0.25) is 0 Å². The molecule has 0 bridgehead atoms. The zero-order valence-electron chi connectivity index (χ0n) is 14.8. The van der Waals surface area contributed by atoms with E-state index < -0.39 is 17.0 Å². The van der Waals surface area contributed by atoms with Crippen LogP contribution in [0.4, 0.5) is 10.6 Å². The molecule has 1 aliphatic heterocycles. The first-order valence-corrected chi connectivity index (χ1v) is 8.22. The Balaban J connectivity index is 1.82. The Morgan fingerprint density at radius 3 is 2.42 bits per heavy atom. The molecular formula is C17H24N4O3. The monoisotopic (exact) mass is 332 g/mol. The highest BCUT2D eigenvalue weighted by Gasteiger charge is 2.53. The third-order valence-electron chi connectivity index (χ3n) is 5.00. The molecule has 0 saturated heterocycles. The lowest BCUT2D eigenvalue weighted by atomic mass is 9.82. The SMILES string of the molecule is CC1(C)C(=O)N(C2CC(N(C(=O)O)C(C)(C)C)C2)c2nccnc21. The molecule has 7 heteroatoms. The molecule has 0 unspecified atom stereocenters. The van der Waals surface area contributed by atoms with Crippen LogP contribution < -0.4 is 4.90 Å². The summed E-state index contributed by atoms with van der Waals surface area (Å²) in [5.74, 6) is 0.610. The highest BCUT2D eigenvalue weighted by molar-refractivity contribution is 6.06. The summed E-state index contributed by atoms with van der Waals surface area (Å²) in [6.07, 6.45) is 3.53. The van der Waals surface area contributed by atoms with Crippen LogP contribution in [-0.2, 0) is 10.2 Å². The van der Waals surface area contributed by atoms with Gasteiger partial charge >= 0.3 is 6.09 Å². The van der Waals surface area contributed by atoms with Crippen LogP contribution in [-0.4, -0.2) is 49.6 Å².